The normalized spacial score (nSPS) is 14.8. The van der Waals surface area contributed by atoms with E-state index in [0.29, 0.717) is 11.7 Å². The number of aryl methyl sites for hydroxylation is 1. The zero-order valence-electron chi connectivity index (χ0n) is 11.7. The topological polar surface area (TPSA) is 42.2 Å². The highest BCUT2D eigenvalue weighted by atomic mass is 32.2. The molecule has 1 saturated heterocycles. The smallest absolute Gasteiger partial charge is 0.227 e. The van der Waals surface area contributed by atoms with Crippen LogP contribution in [0.4, 0.5) is 0 Å². The molecule has 2 aromatic rings. The maximum absolute atomic E-state index is 5.44. The SMILES string of the molecule is S=C(SCCCc1nc(-c2cccs2)no1)N1CCCC1. The van der Waals surface area contributed by atoms with E-state index in [1.165, 1.54) is 12.8 Å². The molecule has 0 amide bonds. The van der Waals surface area contributed by atoms with E-state index in [4.69, 9.17) is 16.7 Å². The van der Waals surface area contributed by atoms with Gasteiger partial charge in [-0.15, -0.1) is 11.3 Å². The molecule has 1 aliphatic rings. The van der Waals surface area contributed by atoms with Crippen molar-refractivity contribution < 1.29 is 4.52 Å². The molecule has 1 aliphatic heterocycles. The first-order valence-electron chi connectivity index (χ1n) is 7.11. The molecule has 0 aliphatic carbocycles. The van der Waals surface area contributed by atoms with Gasteiger partial charge in [0.2, 0.25) is 11.7 Å². The van der Waals surface area contributed by atoms with E-state index in [2.05, 4.69) is 15.0 Å². The molecule has 0 spiro atoms. The maximum Gasteiger partial charge on any atom is 0.227 e. The van der Waals surface area contributed by atoms with Gasteiger partial charge < -0.3 is 9.42 Å². The second kappa shape index (κ2) is 7.38. The largest absolute Gasteiger partial charge is 0.358 e. The number of thiophene rings is 1. The first kappa shape index (κ1) is 15.0. The molecule has 112 valence electrons. The van der Waals surface area contributed by atoms with E-state index in [1.807, 2.05) is 17.5 Å². The summed E-state index contributed by atoms with van der Waals surface area (Å²) >= 11 is 8.83. The van der Waals surface area contributed by atoms with Crippen molar-refractivity contribution in [2.45, 2.75) is 25.7 Å². The Morgan fingerprint density at radius 1 is 1.43 bits per heavy atom. The summed E-state index contributed by atoms with van der Waals surface area (Å²) in [7, 11) is 0. The lowest BCUT2D eigenvalue weighted by atomic mass is 10.3. The fourth-order valence-corrected chi connectivity index (χ4v) is 4.15. The van der Waals surface area contributed by atoms with Gasteiger partial charge in [-0.3, -0.25) is 0 Å². The zero-order valence-corrected chi connectivity index (χ0v) is 14.1. The second-order valence-corrected chi connectivity index (χ2v) is 7.58. The third-order valence-corrected chi connectivity index (χ3v) is 5.81. The van der Waals surface area contributed by atoms with Crippen LogP contribution in [-0.4, -0.2) is 38.2 Å². The summed E-state index contributed by atoms with van der Waals surface area (Å²) in [5, 5.41) is 6.03. The summed E-state index contributed by atoms with van der Waals surface area (Å²) in [6, 6.07) is 4.00. The van der Waals surface area contributed by atoms with Crippen LogP contribution < -0.4 is 0 Å². The molecular formula is C14H17N3OS3. The Morgan fingerprint density at radius 2 is 2.29 bits per heavy atom. The van der Waals surface area contributed by atoms with Gasteiger partial charge in [-0.1, -0.05) is 35.2 Å². The van der Waals surface area contributed by atoms with Crippen LogP contribution >= 0.6 is 35.3 Å². The molecule has 0 aromatic carbocycles. The molecule has 0 radical (unpaired) electrons. The van der Waals surface area contributed by atoms with Crippen LogP contribution in [0.1, 0.15) is 25.2 Å². The summed E-state index contributed by atoms with van der Waals surface area (Å²) in [6.07, 6.45) is 4.36. The van der Waals surface area contributed by atoms with Crippen LogP contribution in [0.2, 0.25) is 0 Å². The van der Waals surface area contributed by atoms with Crippen molar-refractivity contribution >= 4 is 39.6 Å². The number of hydrogen-bond acceptors (Lipinski definition) is 6. The summed E-state index contributed by atoms with van der Waals surface area (Å²) in [4.78, 5) is 7.78. The van der Waals surface area contributed by atoms with Crippen molar-refractivity contribution in [1.82, 2.24) is 15.0 Å². The van der Waals surface area contributed by atoms with Gasteiger partial charge in [-0.05, 0) is 30.7 Å². The van der Waals surface area contributed by atoms with Crippen LogP contribution in [0.25, 0.3) is 10.7 Å². The standard InChI is InChI=1S/C14H17N3OS3/c19-14(17-7-1-2-8-17)21-10-4-6-12-15-13(16-18-12)11-5-3-9-20-11/h3,5,9H,1-2,4,6-8,10H2. The van der Waals surface area contributed by atoms with Crippen LogP contribution in [0.15, 0.2) is 22.0 Å². The third-order valence-electron chi connectivity index (χ3n) is 3.33. The van der Waals surface area contributed by atoms with E-state index < -0.39 is 0 Å². The average Bonchev–Trinajstić information content (AvgIpc) is 3.25. The van der Waals surface area contributed by atoms with Crippen LogP contribution in [-0.2, 0) is 6.42 Å². The first-order chi connectivity index (χ1) is 10.3. The number of aromatic nitrogens is 2. The summed E-state index contributed by atoms with van der Waals surface area (Å²) in [6.45, 7) is 2.25. The fourth-order valence-electron chi connectivity index (χ4n) is 2.24. The zero-order chi connectivity index (χ0) is 14.5. The van der Waals surface area contributed by atoms with Gasteiger partial charge in [-0.25, -0.2) is 0 Å². The third kappa shape index (κ3) is 4.05. The van der Waals surface area contributed by atoms with Crippen molar-refractivity contribution in [3.8, 4) is 10.7 Å². The molecule has 0 N–H and O–H groups in total. The fraction of sp³-hybridized carbons (Fsp3) is 0.500. The highest BCUT2D eigenvalue weighted by Gasteiger charge is 2.15. The van der Waals surface area contributed by atoms with Gasteiger partial charge in [0, 0.05) is 25.3 Å². The predicted octanol–water partition coefficient (Wildman–Crippen LogP) is 3.84. The number of thiocarbonyl (C=S) groups is 1. The Bertz CT molecular complexity index is 576. The Morgan fingerprint density at radius 3 is 3.05 bits per heavy atom. The van der Waals surface area contributed by atoms with Crippen LogP contribution in [0.5, 0.6) is 0 Å². The van der Waals surface area contributed by atoms with Gasteiger partial charge in [0.1, 0.15) is 4.32 Å². The summed E-state index contributed by atoms with van der Waals surface area (Å²) in [5.74, 6) is 2.41. The second-order valence-electron chi connectivity index (χ2n) is 4.90. The first-order valence-corrected chi connectivity index (χ1v) is 9.38. The van der Waals surface area contributed by atoms with Crippen molar-refractivity contribution in [1.29, 1.82) is 0 Å². The lowest BCUT2D eigenvalue weighted by Crippen LogP contribution is -2.23. The minimum absolute atomic E-state index is 0.695. The Hall–Kier alpha value is -0.920. The number of rotatable bonds is 5. The molecule has 0 saturated carbocycles. The minimum Gasteiger partial charge on any atom is -0.358 e. The van der Waals surface area contributed by atoms with Crippen molar-refractivity contribution in [2.75, 3.05) is 18.8 Å². The highest BCUT2D eigenvalue weighted by Crippen LogP contribution is 2.22. The molecular weight excluding hydrogens is 322 g/mol. The molecule has 0 bridgehead atoms. The summed E-state index contributed by atoms with van der Waals surface area (Å²) < 4.78 is 6.33. The van der Waals surface area contributed by atoms with Gasteiger partial charge >= 0.3 is 0 Å². The van der Waals surface area contributed by atoms with Gasteiger partial charge in [-0.2, -0.15) is 4.98 Å². The molecule has 21 heavy (non-hydrogen) atoms. The van der Waals surface area contributed by atoms with Crippen molar-refractivity contribution in [2.24, 2.45) is 0 Å². The lowest BCUT2D eigenvalue weighted by molar-refractivity contribution is 0.378. The van der Waals surface area contributed by atoms with Gasteiger partial charge in [0.15, 0.2) is 0 Å². The molecule has 1 fully saturated rings. The van der Waals surface area contributed by atoms with E-state index in [0.717, 1.165) is 40.9 Å². The number of thioether (sulfide) groups is 1. The van der Waals surface area contributed by atoms with E-state index in [-0.39, 0.29) is 0 Å². The van der Waals surface area contributed by atoms with Gasteiger partial charge in [0.25, 0.3) is 0 Å². The van der Waals surface area contributed by atoms with E-state index in [1.54, 1.807) is 23.1 Å². The Balaban J connectivity index is 1.40. The summed E-state index contributed by atoms with van der Waals surface area (Å²) in [5.41, 5.74) is 0. The lowest BCUT2D eigenvalue weighted by Gasteiger charge is -2.17. The monoisotopic (exact) mass is 339 g/mol. The number of nitrogens with zero attached hydrogens (tertiary/aromatic N) is 3. The molecule has 0 atom stereocenters. The molecule has 3 heterocycles. The minimum atomic E-state index is 0.695. The van der Waals surface area contributed by atoms with Crippen LogP contribution in [0.3, 0.4) is 0 Å². The molecule has 2 aromatic heterocycles. The molecule has 7 heteroatoms. The quantitative estimate of drug-likeness (QED) is 0.609. The number of hydrogen-bond donors (Lipinski definition) is 0. The van der Waals surface area contributed by atoms with Gasteiger partial charge in [0.05, 0.1) is 4.88 Å². The molecule has 3 rings (SSSR count). The van der Waals surface area contributed by atoms with Crippen LogP contribution in [0, 0.1) is 0 Å². The maximum atomic E-state index is 5.44. The Kier molecular flexibility index (Phi) is 5.27. The van der Waals surface area contributed by atoms with E-state index in [9.17, 15) is 0 Å². The predicted molar refractivity (Wildman–Crippen MR) is 91.8 cm³/mol. The molecule has 4 nitrogen and oxygen atoms in total. The number of likely N-dealkylation sites (tertiary alicyclic amines) is 1. The highest BCUT2D eigenvalue weighted by molar-refractivity contribution is 8.22. The molecule has 0 unspecified atom stereocenters. The van der Waals surface area contributed by atoms with Crippen molar-refractivity contribution in [3.63, 3.8) is 0 Å². The Labute approximate surface area is 137 Å². The average molecular weight is 340 g/mol. The van der Waals surface area contributed by atoms with E-state index >= 15 is 0 Å². The van der Waals surface area contributed by atoms with Crippen molar-refractivity contribution in [3.05, 3.63) is 23.4 Å².